The van der Waals surface area contributed by atoms with E-state index in [0.29, 0.717) is 25.1 Å². The van der Waals surface area contributed by atoms with Gasteiger partial charge in [-0.1, -0.05) is 28.7 Å². The molecule has 0 aromatic carbocycles. The summed E-state index contributed by atoms with van der Waals surface area (Å²) in [6.07, 6.45) is 3.55. The molecule has 0 amide bonds. The van der Waals surface area contributed by atoms with E-state index in [1.165, 1.54) is 12.3 Å². The highest BCUT2D eigenvalue weighted by Crippen LogP contribution is 2.47. The van der Waals surface area contributed by atoms with Gasteiger partial charge in [0, 0.05) is 25.1 Å². The van der Waals surface area contributed by atoms with Crippen LogP contribution in [0.2, 0.25) is 0 Å². The van der Waals surface area contributed by atoms with Gasteiger partial charge in [0.15, 0.2) is 0 Å². The van der Waals surface area contributed by atoms with Crippen molar-refractivity contribution >= 4 is 16.7 Å². The van der Waals surface area contributed by atoms with Crippen molar-refractivity contribution < 1.29 is 13.3 Å². The molecule has 0 saturated heterocycles. The lowest BCUT2D eigenvalue weighted by molar-refractivity contribution is 0.0687. The molecule has 0 spiro atoms. The first-order valence-corrected chi connectivity index (χ1v) is 10.9. The minimum Gasteiger partial charge on any atom is -0.373 e. The van der Waals surface area contributed by atoms with Crippen molar-refractivity contribution in [3.05, 3.63) is 0 Å². The summed E-state index contributed by atoms with van der Waals surface area (Å²) in [5.74, 6) is 0. The maximum absolute atomic E-state index is 6.06. The van der Waals surface area contributed by atoms with Crippen LogP contribution in [0.25, 0.3) is 0 Å². The first kappa shape index (κ1) is 18.5. The monoisotopic (exact) mass is 294 g/mol. The predicted molar refractivity (Wildman–Crippen MR) is 82.7 cm³/mol. The molecule has 0 bridgehead atoms. The van der Waals surface area contributed by atoms with Crippen molar-refractivity contribution in [1.82, 2.24) is 0 Å². The fraction of sp³-hybridized carbons (Fsp3) is 1.00. The molecule has 3 nitrogen and oxygen atoms in total. The van der Waals surface area contributed by atoms with Crippen LogP contribution >= 0.6 is 7.92 Å². The summed E-state index contributed by atoms with van der Waals surface area (Å²) in [4.78, 5) is 0. The van der Waals surface area contributed by atoms with E-state index in [-0.39, 0.29) is 7.92 Å². The lowest BCUT2D eigenvalue weighted by Crippen LogP contribution is -2.56. The van der Waals surface area contributed by atoms with Crippen molar-refractivity contribution in [2.75, 3.05) is 32.1 Å². The normalized spacial score (nSPS) is 14.2. The summed E-state index contributed by atoms with van der Waals surface area (Å²) in [6.45, 7) is 14.9. The third-order valence-corrected chi connectivity index (χ3v) is 11.3. The van der Waals surface area contributed by atoms with Gasteiger partial charge in [-0.25, -0.2) is 0 Å². The molecule has 0 aliphatic heterocycles. The molecular formula is C13H31O3PSi. The van der Waals surface area contributed by atoms with Crippen LogP contribution in [0.4, 0.5) is 0 Å². The largest absolute Gasteiger partial charge is 0.508 e. The summed E-state index contributed by atoms with van der Waals surface area (Å²) in [5.41, 5.74) is 0. The van der Waals surface area contributed by atoms with Crippen LogP contribution in [0, 0.1) is 0 Å². The molecule has 0 fully saturated rings. The van der Waals surface area contributed by atoms with E-state index in [4.69, 9.17) is 13.3 Å². The molecule has 110 valence electrons. The molecule has 0 aromatic heterocycles. The lowest BCUT2D eigenvalue weighted by atomic mass is 10.6. The standard InChI is InChI=1S/C13H31O3PSi/c1-7-13(17(11-5)12-6)18(14-8-2,15-9-3)16-10-4/h13H,7-12H2,1-6H3. The predicted octanol–water partition coefficient (Wildman–Crippen LogP) is 3.87. The van der Waals surface area contributed by atoms with Crippen molar-refractivity contribution in [1.29, 1.82) is 0 Å². The van der Waals surface area contributed by atoms with Gasteiger partial charge in [0.1, 0.15) is 0 Å². The SMILES string of the molecule is CCO[Si](OCC)(OCC)C(CC)P(CC)CC. The van der Waals surface area contributed by atoms with Gasteiger partial charge in [-0.3, -0.25) is 0 Å². The molecule has 0 rings (SSSR count). The fourth-order valence-corrected chi connectivity index (χ4v) is 10.3. The third-order valence-electron chi connectivity index (χ3n) is 3.08. The fourth-order valence-electron chi connectivity index (χ4n) is 2.41. The minimum absolute atomic E-state index is 0.0556. The van der Waals surface area contributed by atoms with Crippen LogP contribution in [-0.4, -0.2) is 46.2 Å². The maximum atomic E-state index is 6.06. The topological polar surface area (TPSA) is 27.7 Å². The Balaban J connectivity index is 5.16. The highest BCUT2D eigenvalue weighted by molar-refractivity contribution is 7.60. The Morgan fingerprint density at radius 2 is 1.17 bits per heavy atom. The summed E-state index contributed by atoms with van der Waals surface area (Å²) in [5, 5.41) is 0.488. The second kappa shape index (κ2) is 10.3. The molecule has 18 heavy (non-hydrogen) atoms. The maximum Gasteiger partial charge on any atom is 0.508 e. The average molecular weight is 294 g/mol. The van der Waals surface area contributed by atoms with Crippen molar-refractivity contribution in [2.45, 2.75) is 53.2 Å². The highest BCUT2D eigenvalue weighted by Gasteiger charge is 2.50. The van der Waals surface area contributed by atoms with E-state index in [1.807, 2.05) is 20.8 Å². The molecule has 0 aromatic rings. The van der Waals surface area contributed by atoms with E-state index in [0.717, 1.165) is 6.42 Å². The molecule has 5 heteroatoms. The zero-order valence-corrected chi connectivity index (χ0v) is 14.9. The molecular weight excluding hydrogens is 263 g/mol. The Bertz CT molecular complexity index is 184. The van der Waals surface area contributed by atoms with Gasteiger partial charge in [0.25, 0.3) is 0 Å². The van der Waals surface area contributed by atoms with Gasteiger partial charge in [0.05, 0.1) is 0 Å². The van der Waals surface area contributed by atoms with Crippen molar-refractivity contribution in [3.8, 4) is 0 Å². The molecule has 0 heterocycles. The average Bonchev–Trinajstić information content (AvgIpc) is 2.36. The van der Waals surface area contributed by atoms with Crippen molar-refractivity contribution in [3.63, 3.8) is 0 Å². The van der Waals surface area contributed by atoms with E-state index < -0.39 is 8.80 Å². The van der Waals surface area contributed by atoms with Crippen LogP contribution in [-0.2, 0) is 13.3 Å². The molecule has 0 aliphatic rings. The Labute approximate surface area is 116 Å². The molecule has 0 aliphatic carbocycles. The summed E-state index contributed by atoms with van der Waals surface area (Å²) in [7, 11) is -2.56. The molecule has 1 unspecified atom stereocenters. The summed E-state index contributed by atoms with van der Waals surface area (Å²) >= 11 is 0. The molecule has 1 atom stereocenters. The minimum atomic E-state index is -2.50. The van der Waals surface area contributed by atoms with Crippen LogP contribution < -0.4 is 0 Å². The van der Waals surface area contributed by atoms with Crippen LogP contribution in [0.1, 0.15) is 48.0 Å². The molecule has 0 radical (unpaired) electrons. The Kier molecular flexibility index (Phi) is 10.6. The Morgan fingerprint density at radius 3 is 1.39 bits per heavy atom. The quantitative estimate of drug-likeness (QED) is 0.427. The van der Waals surface area contributed by atoms with Gasteiger partial charge >= 0.3 is 8.80 Å². The summed E-state index contributed by atoms with van der Waals surface area (Å²) < 4.78 is 18.2. The van der Waals surface area contributed by atoms with Gasteiger partial charge in [-0.15, -0.1) is 0 Å². The molecule has 0 saturated carbocycles. The van der Waals surface area contributed by atoms with Crippen LogP contribution in [0.3, 0.4) is 0 Å². The Hall–Kier alpha value is 0.527. The Morgan fingerprint density at radius 1 is 0.778 bits per heavy atom. The first-order valence-electron chi connectivity index (χ1n) is 7.31. The van der Waals surface area contributed by atoms with Crippen LogP contribution in [0.5, 0.6) is 0 Å². The molecule has 0 N–H and O–H groups in total. The van der Waals surface area contributed by atoms with E-state index in [9.17, 15) is 0 Å². The third kappa shape index (κ3) is 4.90. The number of hydrogen-bond acceptors (Lipinski definition) is 3. The zero-order valence-electron chi connectivity index (χ0n) is 13.0. The zero-order chi connectivity index (χ0) is 14.0. The number of rotatable bonds is 11. The van der Waals surface area contributed by atoms with Gasteiger partial charge < -0.3 is 13.3 Å². The van der Waals surface area contributed by atoms with E-state index in [2.05, 4.69) is 20.8 Å². The second-order valence-corrected chi connectivity index (χ2v) is 10.4. The van der Waals surface area contributed by atoms with Gasteiger partial charge in [0.2, 0.25) is 0 Å². The van der Waals surface area contributed by atoms with E-state index in [1.54, 1.807) is 0 Å². The summed E-state index contributed by atoms with van der Waals surface area (Å²) in [6, 6.07) is 0. The lowest BCUT2D eigenvalue weighted by Gasteiger charge is -2.38. The van der Waals surface area contributed by atoms with E-state index >= 15 is 0 Å². The van der Waals surface area contributed by atoms with Crippen molar-refractivity contribution in [2.24, 2.45) is 0 Å². The highest BCUT2D eigenvalue weighted by atomic mass is 31.1. The van der Waals surface area contributed by atoms with Crippen LogP contribution in [0.15, 0.2) is 0 Å². The van der Waals surface area contributed by atoms with Gasteiger partial charge in [-0.2, -0.15) is 0 Å². The van der Waals surface area contributed by atoms with Gasteiger partial charge in [-0.05, 0) is 39.5 Å². The second-order valence-electron chi connectivity index (χ2n) is 4.05. The smallest absolute Gasteiger partial charge is 0.373 e. The number of hydrogen-bond donors (Lipinski definition) is 0. The first-order chi connectivity index (χ1) is 8.65.